The van der Waals surface area contributed by atoms with Gasteiger partial charge in [0.1, 0.15) is 18.0 Å². The molecule has 0 aliphatic rings. The molecule has 0 aliphatic heterocycles. The molecule has 0 aliphatic carbocycles. The number of sulfonamides is 1. The molecular formula is C17H18FN5O3S. The van der Waals surface area contributed by atoms with Gasteiger partial charge < -0.3 is 14.6 Å². The van der Waals surface area contributed by atoms with Gasteiger partial charge in [0.2, 0.25) is 10.0 Å². The van der Waals surface area contributed by atoms with E-state index in [2.05, 4.69) is 20.0 Å². The molecule has 27 heavy (non-hydrogen) atoms. The topological polar surface area (TPSA) is 98.1 Å². The first kappa shape index (κ1) is 18.8. The van der Waals surface area contributed by atoms with Crippen LogP contribution < -0.4 is 14.8 Å². The smallest absolute Gasteiger partial charge is 0.240 e. The van der Waals surface area contributed by atoms with Crippen molar-refractivity contribution < 1.29 is 17.5 Å². The largest absolute Gasteiger partial charge is 0.494 e. The van der Waals surface area contributed by atoms with E-state index < -0.39 is 15.8 Å². The van der Waals surface area contributed by atoms with Crippen LogP contribution >= 0.6 is 0 Å². The van der Waals surface area contributed by atoms with Gasteiger partial charge in [-0.1, -0.05) is 0 Å². The van der Waals surface area contributed by atoms with E-state index in [4.69, 9.17) is 4.74 Å². The van der Waals surface area contributed by atoms with Crippen LogP contribution in [-0.2, 0) is 10.0 Å². The van der Waals surface area contributed by atoms with Crippen molar-refractivity contribution in [2.24, 2.45) is 0 Å². The number of nitrogens with zero attached hydrogens (tertiary/aromatic N) is 3. The molecule has 2 N–H and O–H groups in total. The molecule has 0 unspecified atom stereocenters. The lowest BCUT2D eigenvalue weighted by Crippen LogP contribution is -2.29. The number of ether oxygens (including phenoxy) is 1. The fourth-order valence-electron chi connectivity index (χ4n) is 2.35. The van der Waals surface area contributed by atoms with Crippen molar-refractivity contribution in [1.29, 1.82) is 0 Å². The summed E-state index contributed by atoms with van der Waals surface area (Å²) in [6.07, 6.45) is 5.13. The van der Waals surface area contributed by atoms with Gasteiger partial charge in [0.05, 0.1) is 12.0 Å². The molecule has 0 spiro atoms. The highest BCUT2D eigenvalue weighted by Gasteiger charge is 2.16. The Hall–Kier alpha value is -2.98. The molecule has 0 radical (unpaired) electrons. The predicted molar refractivity (Wildman–Crippen MR) is 98.0 cm³/mol. The Morgan fingerprint density at radius 1 is 1.15 bits per heavy atom. The van der Waals surface area contributed by atoms with Crippen LogP contribution in [0.4, 0.5) is 10.2 Å². The summed E-state index contributed by atoms with van der Waals surface area (Å²) in [5.41, 5.74) is 0. The fraction of sp³-hybridized carbons (Fsp3) is 0.176. The van der Waals surface area contributed by atoms with Crippen molar-refractivity contribution in [3.05, 3.63) is 60.9 Å². The van der Waals surface area contributed by atoms with Crippen molar-refractivity contribution in [3.63, 3.8) is 0 Å². The van der Waals surface area contributed by atoms with Crippen molar-refractivity contribution >= 4 is 15.8 Å². The summed E-state index contributed by atoms with van der Waals surface area (Å²) >= 11 is 0. The zero-order valence-electron chi connectivity index (χ0n) is 14.5. The highest BCUT2D eigenvalue weighted by molar-refractivity contribution is 7.89. The molecule has 142 valence electrons. The molecule has 1 aromatic carbocycles. The summed E-state index contributed by atoms with van der Waals surface area (Å²) in [5.74, 6) is 0.491. The Morgan fingerprint density at radius 3 is 2.63 bits per heavy atom. The van der Waals surface area contributed by atoms with Crippen molar-refractivity contribution in [1.82, 2.24) is 19.3 Å². The maximum absolute atomic E-state index is 13.7. The normalized spacial score (nSPS) is 11.3. The van der Waals surface area contributed by atoms with Crippen LogP contribution in [-0.4, -0.2) is 43.2 Å². The minimum absolute atomic E-state index is 0.0159. The van der Waals surface area contributed by atoms with Gasteiger partial charge in [-0.15, -0.1) is 0 Å². The summed E-state index contributed by atoms with van der Waals surface area (Å²) in [6, 6.07) is 8.98. The van der Waals surface area contributed by atoms with E-state index in [0.29, 0.717) is 18.2 Å². The van der Waals surface area contributed by atoms with E-state index in [9.17, 15) is 12.8 Å². The number of halogens is 1. The van der Waals surface area contributed by atoms with Crippen molar-refractivity contribution in [2.75, 3.05) is 25.5 Å². The number of anilines is 1. The molecule has 0 saturated carbocycles. The second-order valence-corrected chi connectivity index (χ2v) is 7.24. The zero-order chi connectivity index (χ0) is 19.3. The Kier molecular flexibility index (Phi) is 5.67. The van der Waals surface area contributed by atoms with Crippen LogP contribution in [0.5, 0.6) is 5.75 Å². The van der Waals surface area contributed by atoms with E-state index in [1.165, 1.54) is 25.6 Å². The quantitative estimate of drug-likeness (QED) is 0.569. The van der Waals surface area contributed by atoms with E-state index in [1.807, 2.05) is 29.1 Å². The number of aromatic nitrogens is 3. The average Bonchev–Trinajstić information content (AvgIpc) is 3.20. The van der Waals surface area contributed by atoms with E-state index in [0.717, 1.165) is 6.07 Å². The number of nitrogens with one attached hydrogen (secondary N) is 2. The first-order valence-electron chi connectivity index (χ1n) is 8.02. The Labute approximate surface area is 156 Å². The first-order chi connectivity index (χ1) is 13.0. The maximum atomic E-state index is 13.7. The third-order valence-corrected chi connectivity index (χ3v) is 5.14. The van der Waals surface area contributed by atoms with Gasteiger partial charge in [0.15, 0.2) is 11.6 Å². The van der Waals surface area contributed by atoms with Gasteiger partial charge in [-0.2, -0.15) is 0 Å². The van der Waals surface area contributed by atoms with Crippen molar-refractivity contribution in [3.8, 4) is 11.6 Å². The third kappa shape index (κ3) is 4.60. The SMILES string of the molecule is COc1ccc(S(=O)(=O)NCCNc2cc(-n3cccc3)ncn2)cc1F. The average molecular weight is 391 g/mol. The molecule has 3 aromatic rings. The molecule has 0 fully saturated rings. The molecule has 10 heteroatoms. The molecule has 2 aromatic heterocycles. The van der Waals surface area contributed by atoms with Gasteiger partial charge in [-0.3, -0.25) is 0 Å². The highest BCUT2D eigenvalue weighted by atomic mass is 32.2. The second kappa shape index (κ2) is 8.14. The van der Waals surface area contributed by atoms with Gasteiger partial charge in [-0.05, 0) is 30.3 Å². The van der Waals surface area contributed by atoms with Crippen molar-refractivity contribution in [2.45, 2.75) is 4.90 Å². The Morgan fingerprint density at radius 2 is 1.93 bits per heavy atom. The Bertz CT molecular complexity index is 1010. The van der Waals surface area contributed by atoms with Crippen LogP contribution in [0.25, 0.3) is 5.82 Å². The van der Waals surface area contributed by atoms with Gasteiger partial charge in [-0.25, -0.2) is 27.5 Å². The molecule has 0 amide bonds. The first-order valence-corrected chi connectivity index (χ1v) is 9.50. The van der Waals surface area contributed by atoms with Gasteiger partial charge in [0.25, 0.3) is 0 Å². The molecule has 0 bridgehead atoms. The molecule has 2 heterocycles. The third-order valence-electron chi connectivity index (χ3n) is 3.68. The van der Waals surface area contributed by atoms with Crippen LogP contribution in [0.15, 0.2) is 60.0 Å². The number of hydrogen-bond acceptors (Lipinski definition) is 6. The molecule has 0 atom stereocenters. The van der Waals surface area contributed by atoms with E-state index in [1.54, 1.807) is 6.07 Å². The van der Waals surface area contributed by atoms with E-state index in [-0.39, 0.29) is 17.2 Å². The second-order valence-electron chi connectivity index (χ2n) is 5.47. The van der Waals surface area contributed by atoms with Gasteiger partial charge >= 0.3 is 0 Å². The molecular weight excluding hydrogens is 373 g/mol. The van der Waals surface area contributed by atoms with Crippen LogP contribution in [0.2, 0.25) is 0 Å². The molecule has 0 saturated heterocycles. The number of methoxy groups -OCH3 is 1. The summed E-state index contributed by atoms with van der Waals surface area (Å²) in [7, 11) is -2.52. The van der Waals surface area contributed by atoms with Crippen LogP contribution in [0.3, 0.4) is 0 Å². The number of benzene rings is 1. The summed E-state index contributed by atoms with van der Waals surface area (Å²) in [5, 5.41) is 3.02. The van der Waals surface area contributed by atoms with Crippen LogP contribution in [0.1, 0.15) is 0 Å². The lowest BCUT2D eigenvalue weighted by molar-refractivity contribution is 0.385. The van der Waals surface area contributed by atoms with Crippen LogP contribution in [0, 0.1) is 5.82 Å². The molecule has 8 nitrogen and oxygen atoms in total. The lowest BCUT2D eigenvalue weighted by atomic mass is 10.3. The minimum Gasteiger partial charge on any atom is -0.494 e. The number of rotatable bonds is 8. The monoisotopic (exact) mass is 391 g/mol. The minimum atomic E-state index is -3.83. The maximum Gasteiger partial charge on any atom is 0.240 e. The molecule has 3 rings (SSSR count). The number of hydrogen-bond donors (Lipinski definition) is 2. The fourth-order valence-corrected chi connectivity index (χ4v) is 3.39. The highest BCUT2D eigenvalue weighted by Crippen LogP contribution is 2.20. The van der Waals surface area contributed by atoms with E-state index >= 15 is 0 Å². The summed E-state index contributed by atoms with van der Waals surface area (Å²) in [6.45, 7) is 0.388. The summed E-state index contributed by atoms with van der Waals surface area (Å²) < 4.78 is 47.2. The summed E-state index contributed by atoms with van der Waals surface area (Å²) in [4.78, 5) is 8.09. The lowest BCUT2D eigenvalue weighted by Gasteiger charge is -2.10. The van der Waals surface area contributed by atoms with Gasteiger partial charge in [0, 0.05) is 31.5 Å². The Balaban J connectivity index is 1.57. The predicted octanol–water partition coefficient (Wildman–Crippen LogP) is 1.81. The zero-order valence-corrected chi connectivity index (χ0v) is 15.3. The standard InChI is InChI=1S/C17H18FN5O3S/c1-26-15-5-4-13(10-14(15)18)27(24,25)22-7-6-19-16-11-17(21-12-20-16)23-8-2-3-9-23/h2-5,8-12,22H,6-7H2,1H3,(H,19,20,21).